The molecule has 0 spiro atoms. The highest BCUT2D eigenvalue weighted by Crippen LogP contribution is 2.47. The molecule has 62 valence electrons. The number of ether oxygens (including phenoxy) is 1. The largest absolute Gasteiger partial charge is 0.469 e. The second-order valence-electron chi connectivity index (χ2n) is 3.58. The maximum Gasteiger partial charge on any atom is 0.311 e. The molecule has 2 aliphatic heterocycles. The summed E-state index contributed by atoms with van der Waals surface area (Å²) in [7, 11) is 1.48. The average molecular weight is 155 g/mol. The highest BCUT2D eigenvalue weighted by Gasteiger charge is 2.53. The molecule has 1 saturated carbocycles. The summed E-state index contributed by atoms with van der Waals surface area (Å²) in [6.07, 6.45) is 2.93. The van der Waals surface area contributed by atoms with Crippen molar-refractivity contribution in [2.24, 2.45) is 5.41 Å². The molecule has 0 aromatic carbocycles. The van der Waals surface area contributed by atoms with E-state index in [1.807, 2.05) is 0 Å². The molecular formula is C8H13NO2. The molecule has 0 aromatic heterocycles. The lowest BCUT2D eigenvalue weighted by Crippen LogP contribution is -2.59. The minimum absolute atomic E-state index is 0.00440. The van der Waals surface area contributed by atoms with Gasteiger partial charge in [0.05, 0.1) is 12.5 Å². The summed E-state index contributed by atoms with van der Waals surface area (Å²) in [5.74, 6) is -0.00440. The van der Waals surface area contributed by atoms with Gasteiger partial charge in [-0.05, 0) is 25.8 Å². The second kappa shape index (κ2) is 2.21. The van der Waals surface area contributed by atoms with Crippen molar-refractivity contribution in [3.63, 3.8) is 0 Å². The molecule has 2 heterocycles. The van der Waals surface area contributed by atoms with Crippen LogP contribution in [0.3, 0.4) is 0 Å². The first kappa shape index (κ1) is 7.10. The lowest BCUT2D eigenvalue weighted by Gasteiger charge is -2.50. The van der Waals surface area contributed by atoms with E-state index in [9.17, 15) is 4.79 Å². The topological polar surface area (TPSA) is 38.3 Å². The summed E-state index contributed by atoms with van der Waals surface area (Å²) < 4.78 is 4.76. The Balaban J connectivity index is 2.06. The molecule has 3 fully saturated rings. The fourth-order valence-electron chi connectivity index (χ4n) is 2.23. The monoisotopic (exact) mass is 155 g/mol. The Bertz CT molecular complexity index is 179. The Hall–Kier alpha value is -0.570. The SMILES string of the molecule is COC(=O)C12CCNC(C1)C2. The minimum Gasteiger partial charge on any atom is -0.469 e. The van der Waals surface area contributed by atoms with Crippen molar-refractivity contribution >= 4 is 5.97 Å². The van der Waals surface area contributed by atoms with Gasteiger partial charge in [-0.1, -0.05) is 0 Å². The summed E-state index contributed by atoms with van der Waals surface area (Å²) in [4.78, 5) is 11.3. The molecule has 1 N–H and O–H groups in total. The van der Waals surface area contributed by atoms with Crippen LogP contribution in [0.15, 0.2) is 0 Å². The van der Waals surface area contributed by atoms with Crippen molar-refractivity contribution in [3.8, 4) is 0 Å². The standard InChI is InChI=1S/C8H13NO2/c1-11-7(10)8-2-3-9-6(4-8)5-8/h6,9H,2-5H2,1H3. The van der Waals surface area contributed by atoms with Crippen LogP contribution in [0.1, 0.15) is 19.3 Å². The van der Waals surface area contributed by atoms with E-state index < -0.39 is 0 Å². The third-order valence-corrected chi connectivity index (χ3v) is 2.93. The Morgan fingerprint density at radius 3 is 2.82 bits per heavy atom. The number of esters is 1. The Kier molecular flexibility index (Phi) is 1.42. The number of carbonyl (C=O) groups is 1. The summed E-state index contributed by atoms with van der Waals surface area (Å²) >= 11 is 0. The van der Waals surface area contributed by atoms with Gasteiger partial charge >= 0.3 is 5.97 Å². The second-order valence-corrected chi connectivity index (χ2v) is 3.58. The number of hydrogen-bond acceptors (Lipinski definition) is 3. The van der Waals surface area contributed by atoms with Crippen LogP contribution in [0.4, 0.5) is 0 Å². The van der Waals surface area contributed by atoms with Crippen molar-refractivity contribution in [2.45, 2.75) is 25.3 Å². The number of methoxy groups -OCH3 is 1. The highest BCUT2D eigenvalue weighted by atomic mass is 16.5. The van der Waals surface area contributed by atoms with E-state index in [0.717, 1.165) is 25.8 Å². The molecule has 0 unspecified atom stereocenters. The summed E-state index contributed by atoms with van der Waals surface area (Å²) in [5.41, 5.74) is -0.0926. The molecule has 0 atom stereocenters. The number of rotatable bonds is 1. The number of hydrogen-bond donors (Lipinski definition) is 1. The van der Waals surface area contributed by atoms with Gasteiger partial charge in [-0.15, -0.1) is 0 Å². The Morgan fingerprint density at radius 1 is 1.64 bits per heavy atom. The molecule has 3 heteroatoms. The third kappa shape index (κ3) is 0.872. The van der Waals surface area contributed by atoms with Gasteiger partial charge in [0.1, 0.15) is 0 Å². The Morgan fingerprint density at radius 2 is 2.36 bits per heavy atom. The first-order valence-electron chi connectivity index (χ1n) is 4.09. The van der Waals surface area contributed by atoms with E-state index in [1.165, 1.54) is 7.11 Å². The summed E-state index contributed by atoms with van der Waals surface area (Å²) in [6.45, 7) is 0.972. The number of piperidine rings is 2. The number of nitrogens with one attached hydrogen (secondary N) is 1. The van der Waals surface area contributed by atoms with Gasteiger partial charge in [0.2, 0.25) is 0 Å². The molecule has 1 aliphatic carbocycles. The van der Waals surface area contributed by atoms with E-state index in [0.29, 0.717) is 6.04 Å². The Labute approximate surface area is 66.1 Å². The zero-order chi connectivity index (χ0) is 7.90. The first-order chi connectivity index (χ1) is 5.27. The van der Waals surface area contributed by atoms with Crippen LogP contribution >= 0.6 is 0 Å². The van der Waals surface area contributed by atoms with Crippen LogP contribution in [0.5, 0.6) is 0 Å². The molecule has 0 amide bonds. The summed E-state index contributed by atoms with van der Waals surface area (Å²) in [6, 6.07) is 0.586. The lowest BCUT2D eigenvalue weighted by atomic mass is 9.61. The fraction of sp³-hybridized carbons (Fsp3) is 0.875. The fourth-order valence-corrected chi connectivity index (χ4v) is 2.23. The van der Waals surface area contributed by atoms with Gasteiger partial charge < -0.3 is 10.1 Å². The van der Waals surface area contributed by atoms with Gasteiger partial charge in [0.15, 0.2) is 0 Å². The van der Waals surface area contributed by atoms with Gasteiger partial charge in [0, 0.05) is 6.04 Å². The van der Waals surface area contributed by atoms with Crippen LogP contribution in [-0.4, -0.2) is 25.7 Å². The molecule has 3 aliphatic rings. The molecule has 3 nitrogen and oxygen atoms in total. The quantitative estimate of drug-likeness (QED) is 0.553. The van der Waals surface area contributed by atoms with Crippen molar-refractivity contribution in [2.75, 3.05) is 13.7 Å². The third-order valence-electron chi connectivity index (χ3n) is 2.93. The van der Waals surface area contributed by atoms with E-state index in [2.05, 4.69) is 5.32 Å². The molecule has 0 aromatic rings. The molecule has 2 bridgehead atoms. The van der Waals surface area contributed by atoms with Crippen LogP contribution < -0.4 is 5.32 Å². The van der Waals surface area contributed by atoms with Crippen molar-refractivity contribution < 1.29 is 9.53 Å². The van der Waals surface area contributed by atoms with Crippen LogP contribution in [0.2, 0.25) is 0 Å². The van der Waals surface area contributed by atoms with E-state index >= 15 is 0 Å². The lowest BCUT2D eigenvalue weighted by molar-refractivity contribution is -0.163. The van der Waals surface area contributed by atoms with Crippen LogP contribution in [-0.2, 0) is 9.53 Å². The average Bonchev–Trinajstić information content (AvgIpc) is 2.02. The van der Waals surface area contributed by atoms with Gasteiger partial charge in [0.25, 0.3) is 0 Å². The first-order valence-corrected chi connectivity index (χ1v) is 4.09. The van der Waals surface area contributed by atoms with Crippen molar-refractivity contribution in [1.82, 2.24) is 5.32 Å². The maximum atomic E-state index is 11.3. The summed E-state index contributed by atoms with van der Waals surface area (Å²) in [5, 5.41) is 3.34. The van der Waals surface area contributed by atoms with Gasteiger partial charge in [-0.2, -0.15) is 0 Å². The van der Waals surface area contributed by atoms with E-state index in [4.69, 9.17) is 4.74 Å². The predicted molar refractivity (Wildman–Crippen MR) is 40.1 cm³/mol. The van der Waals surface area contributed by atoms with Crippen LogP contribution in [0.25, 0.3) is 0 Å². The maximum absolute atomic E-state index is 11.3. The van der Waals surface area contributed by atoms with Gasteiger partial charge in [-0.3, -0.25) is 4.79 Å². The molecule has 11 heavy (non-hydrogen) atoms. The van der Waals surface area contributed by atoms with E-state index in [-0.39, 0.29) is 11.4 Å². The number of fused-ring (bicyclic) bond motifs is 2. The van der Waals surface area contributed by atoms with Crippen LogP contribution in [0, 0.1) is 5.41 Å². The number of carbonyl (C=O) groups excluding carboxylic acids is 1. The zero-order valence-corrected chi connectivity index (χ0v) is 6.72. The zero-order valence-electron chi connectivity index (χ0n) is 6.72. The molecule has 0 radical (unpaired) electrons. The van der Waals surface area contributed by atoms with Crippen molar-refractivity contribution in [3.05, 3.63) is 0 Å². The predicted octanol–water partition coefficient (Wildman–Crippen LogP) is 0.301. The molecular weight excluding hydrogens is 142 g/mol. The minimum atomic E-state index is -0.0926. The smallest absolute Gasteiger partial charge is 0.311 e. The van der Waals surface area contributed by atoms with Crippen molar-refractivity contribution in [1.29, 1.82) is 0 Å². The van der Waals surface area contributed by atoms with Gasteiger partial charge in [-0.25, -0.2) is 0 Å². The molecule has 2 saturated heterocycles. The van der Waals surface area contributed by atoms with E-state index in [1.54, 1.807) is 0 Å². The highest BCUT2D eigenvalue weighted by molar-refractivity contribution is 5.78. The normalized spacial score (nSPS) is 41.0. The molecule has 3 rings (SSSR count).